The normalized spacial score (nSPS) is 22.2. The fourth-order valence-electron chi connectivity index (χ4n) is 2.31. The summed E-state index contributed by atoms with van der Waals surface area (Å²) in [5.41, 5.74) is -0.350. The van der Waals surface area contributed by atoms with Crippen molar-refractivity contribution in [2.75, 3.05) is 7.11 Å². The minimum absolute atomic E-state index is 0.0959. The van der Waals surface area contributed by atoms with Gasteiger partial charge in [0.25, 0.3) is 0 Å². The van der Waals surface area contributed by atoms with Crippen LogP contribution in [-0.4, -0.2) is 31.2 Å². The number of carbonyl (C=O) groups is 1. The zero-order valence-electron chi connectivity index (χ0n) is 12.6. The maximum atomic E-state index is 11.9. The van der Waals surface area contributed by atoms with E-state index >= 15 is 0 Å². The number of nitrogens with zero attached hydrogens (tertiary/aromatic N) is 1. The van der Waals surface area contributed by atoms with Crippen molar-refractivity contribution in [2.24, 2.45) is 0 Å². The second-order valence-corrected chi connectivity index (χ2v) is 11.1. The lowest BCUT2D eigenvalue weighted by Gasteiger charge is -2.33. The highest BCUT2D eigenvalue weighted by atomic mass is 28.3. The van der Waals surface area contributed by atoms with E-state index in [1.54, 1.807) is 6.92 Å². The first-order valence-electron chi connectivity index (χ1n) is 6.72. The fourth-order valence-corrected chi connectivity index (χ4v) is 3.33. The summed E-state index contributed by atoms with van der Waals surface area (Å²) in [6.45, 7) is 8.34. The smallest absolute Gasteiger partial charge is 0.343 e. The molecule has 0 fully saturated rings. The molecular formula is C14H21NO4Si. The molecular weight excluding hydrogens is 274 g/mol. The van der Waals surface area contributed by atoms with Crippen molar-refractivity contribution in [3.63, 3.8) is 0 Å². The van der Waals surface area contributed by atoms with Gasteiger partial charge < -0.3 is 14.6 Å². The molecule has 20 heavy (non-hydrogen) atoms. The zero-order valence-corrected chi connectivity index (χ0v) is 13.6. The molecule has 1 aliphatic heterocycles. The highest BCUT2D eigenvalue weighted by molar-refractivity contribution is 6.88. The van der Waals surface area contributed by atoms with Crippen molar-refractivity contribution in [3.8, 4) is 5.88 Å². The van der Waals surface area contributed by atoms with Crippen molar-refractivity contribution >= 4 is 19.4 Å². The number of fused-ring (bicyclic) bond motifs is 1. The molecule has 2 heterocycles. The van der Waals surface area contributed by atoms with Gasteiger partial charge >= 0.3 is 5.97 Å². The third kappa shape index (κ3) is 2.23. The SMILES string of the molecule is CC[C@@]1(O)C(=O)OCc2c1cc([Si](C)(C)C)nc2OC. The molecule has 0 aliphatic carbocycles. The van der Waals surface area contributed by atoms with Gasteiger partial charge in [-0.1, -0.05) is 26.6 Å². The monoisotopic (exact) mass is 295 g/mol. The Bertz CT molecular complexity index is 553. The summed E-state index contributed by atoms with van der Waals surface area (Å²) in [4.78, 5) is 16.5. The van der Waals surface area contributed by atoms with Crippen molar-refractivity contribution in [1.82, 2.24) is 4.98 Å². The van der Waals surface area contributed by atoms with E-state index in [1.807, 2.05) is 6.07 Å². The number of aromatic nitrogens is 1. The van der Waals surface area contributed by atoms with Crippen molar-refractivity contribution in [2.45, 2.75) is 45.2 Å². The first-order chi connectivity index (χ1) is 9.24. The zero-order chi connectivity index (χ0) is 15.1. The lowest BCUT2D eigenvalue weighted by atomic mass is 9.87. The second-order valence-electron chi connectivity index (χ2n) is 6.08. The van der Waals surface area contributed by atoms with Crippen LogP contribution in [0.2, 0.25) is 19.6 Å². The summed E-state index contributed by atoms with van der Waals surface area (Å²) in [7, 11) is -0.152. The molecule has 0 spiro atoms. The molecule has 1 aliphatic rings. The van der Waals surface area contributed by atoms with Gasteiger partial charge in [-0.2, -0.15) is 0 Å². The number of pyridine rings is 1. The van der Waals surface area contributed by atoms with Gasteiger partial charge in [-0.25, -0.2) is 9.78 Å². The van der Waals surface area contributed by atoms with Crippen LogP contribution in [0.25, 0.3) is 0 Å². The first kappa shape index (κ1) is 15.0. The predicted octanol–water partition coefficient (Wildman–Crippen LogP) is 1.29. The predicted molar refractivity (Wildman–Crippen MR) is 77.8 cm³/mol. The van der Waals surface area contributed by atoms with Crippen LogP contribution in [0.3, 0.4) is 0 Å². The van der Waals surface area contributed by atoms with Gasteiger partial charge in [0.2, 0.25) is 5.88 Å². The van der Waals surface area contributed by atoms with E-state index in [0.29, 0.717) is 17.0 Å². The number of aliphatic hydroxyl groups is 1. The van der Waals surface area contributed by atoms with Crippen molar-refractivity contribution < 1.29 is 19.4 Å². The Morgan fingerprint density at radius 1 is 1.50 bits per heavy atom. The first-order valence-corrected chi connectivity index (χ1v) is 10.2. The largest absolute Gasteiger partial charge is 0.481 e. The molecule has 1 N–H and O–H groups in total. The Morgan fingerprint density at radius 2 is 2.15 bits per heavy atom. The molecule has 1 aromatic heterocycles. The van der Waals surface area contributed by atoms with Crippen LogP contribution < -0.4 is 10.1 Å². The molecule has 5 nitrogen and oxygen atoms in total. The minimum Gasteiger partial charge on any atom is -0.481 e. The molecule has 1 atom stereocenters. The second kappa shape index (κ2) is 4.86. The Morgan fingerprint density at radius 3 is 2.65 bits per heavy atom. The van der Waals surface area contributed by atoms with Gasteiger partial charge in [0.05, 0.1) is 12.7 Å². The van der Waals surface area contributed by atoms with Crippen LogP contribution in [-0.2, 0) is 21.7 Å². The molecule has 0 saturated carbocycles. The number of hydrogen-bond acceptors (Lipinski definition) is 5. The Kier molecular flexibility index (Phi) is 3.64. The van der Waals surface area contributed by atoms with Gasteiger partial charge in [-0.3, -0.25) is 0 Å². The third-order valence-corrected chi connectivity index (χ3v) is 5.48. The number of esters is 1. The number of rotatable bonds is 3. The summed E-state index contributed by atoms with van der Waals surface area (Å²) >= 11 is 0. The lowest BCUT2D eigenvalue weighted by molar-refractivity contribution is -0.172. The van der Waals surface area contributed by atoms with Gasteiger partial charge in [-0.15, -0.1) is 0 Å². The molecule has 110 valence electrons. The van der Waals surface area contributed by atoms with E-state index in [-0.39, 0.29) is 13.0 Å². The molecule has 6 heteroatoms. The quantitative estimate of drug-likeness (QED) is 0.672. The number of carbonyl (C=O) groups excluding carboxylic acids is 1. The van der Waals surface area contributed by atoms with Crippen LogP contribution in [0.1, 0.15) is 24.5 Å². The number of hydrogen-bond donors (Lipinski definition) is 1. The average molecular weight is 295 g/mol. The molecule has 0 amide bonds. The highest BCUT2D eigenvalue weighted by Gasteiger charge is 2.45. The van der Waals surface area contributed by atoms with Gasteiger partial charge in [0.15, 0.2) is 5.60 Å². The van der Waals surface area contributed by atoms with Gasteiger partial charge in [0.1, 0.15) is 14.7 Å². The highest BCUT2D eigenvalue weighted by Crippen LogP contribution is 2.37. The topological polar surface area (TPSA) is 68.7 Å². The Hall–Kier alpha value is -1.40. The van der Waals surface area contributed by atoms with Gasteiger partial charge in [-0.05, 0) is 12.5 Å². The van der Waals surface area contributed by atoms with Crippen LogP contribution in [0.4, 0.5) is 0 Å². The van der Waals surface area contributed by atoms with E-state index in [1.165, 1.54) is 7.11 Å². The number of ether oxygens (including phenoxy) is 2. The number of cyclic esters (lactones) is 1. The Balaban J connectivity index is 2.73. The van der Waals surface area contributed by atoms with Crippen LogP contribution in [0, 0.1) is 0 Å². The van der Waals surface area contributed by atoms with E-state index in [0.717, 1.165) is 5.32 Å². The van der Waals surface area contributed by atoms with E-state index < -0.39 is 19.6 Å². The summed E-state index contributed by atoms with van der Waals surface area (Å²) in [5.74, 6) is -0.151. The molecule has 0 saturated heterocycles. The van der Waals surface area contributed by atoms with Crippen LogP contribution in [0.5, 0.6) is 5.88 Å². The molecule has 0 bridgehead atoms. The Labute approximate surface area is 119 Å². The molecule has 1 aromatic rings. The fraction of sp³-hybridized carbons (Fsp3) is 0.571. The van der Waals surface area contributed by atoms with Crippen molar-refractivity contribution in [1.29, 1.82) is 0 Å². The van der Waals surface area contributed by atoms with Crippen molar-refractivity contribution in [3.05, 3.63) is 17.2 Å². The maximum Gasteiger partial charge on any atom is 0.343 e. The summed E-state index contributed by atoms with van der Waals surface area (Å²) < 4.78 is 10.4. The molecule has 0 unspecified atom stereocenters. The third-order valence-electron chi connectivity index (χ3n) is 3.69. The lowest BCUT2D eigenvalue weighted by Crippen LogP contribution is -2.46. The van der Waals surface area contributed by atoms with Gasteiger partial charge in [0, 0.05) is 10.9 Å². The van der Waals surface area contributed by atoms with E-state index in [9.17, 15) is 9.90 Å². The van der Waals surface area contributed by atoms with Crippen LogP contribution in [0.15, 0.2) is 6.07 Å². The summed E-state index contributed by atoms with van der Waals surface area (Å²) in [6, 6.07) is 1.86. The van der Waals surface area contributed by atoms with E-state index in [4.69, 9.17) is 9.47 Å². The molecule has 0 radical (unpaired) electrons. The molecule has 2 rings (SSSR count). The standard InChI is InChI=1S/C14H21NO4Si/c1-6-14(17)10-7-11(20(3,4)5)15-12(18-2)9(10)8-19-13(14)16/h7,17H,6,8H2,1-5H3/t14-/m0/s1. The maximum absolute atomic E-state index is 11.9. The summed E-state index contributed by atoms with van der Waals surface area (Å²) in [5, 5.41) is 11.6. The van der Waals surface area contributed by atoms with Crippen LogP contribution >= 0.6 is 0 Å². The molecule has 0 aromatic carbocycles. The summed E-state index contributed by atoms with van der Waals surface area (Å²) in [6.07, 6.45) is 0.261. The average Bonchev–Trinajstić information content (AvgIpc) is 2.40. The minimum atomic E-state index is -1.69. The van der Waals surface area contributed by atoms with E-state index in [2.05, 4.69) is 24.6 Å². The number of methoxy groups -OCH3 is 1.